The van der Waals surface area contributed by atoms with E-state index in [-0.39, 0.29) is 0 Å². The van der Waals surface area contributed by atoms with E-state index in [0.717, 1.165) is 87.5 Å². The monoisotopic (exact) mass is 645 g/mol. The van der Waals surface area contributed by atoms with E-state index in [1.807, 2.05) is 60.7 Å². The molecule has 1 aliphatic carbocycles. The highest BCUT2D eigenvalue weighted by atomic mass is 16.5. The molecule has 0 atom stereocenters. The number of nitriles is 1. The van der Waals surface area contributed by atoms with Crippen LogP contribution in [0.4, 0.5) is 0 Å². The molecule has 0 fully saturated rings. The van der Waals surface area contributed by atoms with E-state index < -0.39 is 0 Å². The second-order valence-corrected chi connectivity index (χ2v) is 11.7. The van der Waals surface area contributed by atoms with Crippen LogP contribution in [0, 0.1) is 11.3 Å². The van der Waals surface area contributed by atoms with Gasteiger partial charge in [0.15, 0.2) is 0 Å². The SMILES string of the molecule is C=C/C(C#N)=C(\C=C\c1ccc(OCCCC)cc1)c1ccc(C(C2=CC=CCC2)=C(c2ccc(OC)cc2)c2ccc(OC)cc2)cc1. The van der Waals surface area contributed by atoms with Crippen LogP contribution in [-0.2, 0) is 0 Å². The number of benzene rings is 4. The molecule has 4 aromatic rings. The molecule has 49 heavy (non-hydrogen) atoms. The average Bonchev–Trinajstić information content (AvgIpc) is 3.17. The lowest BCUT2D eigenvalue weighted by Crippen LogP contribution is -2.01. The van der Waals surface area contributed by atoms with Crippen LogP contribution in [0.3, 0.4) is 0 Å². The van der Waals surface area contributed by atoms with Crippen LogP contribution in [0.1, 0.15) is 60.4 Å². The van der Waals surface area contributed by atoms with Gasteiger partial charge in [0.25, 0.3) is 0 Å². The first-order valence-electron chi connectivity index (χ1n) is 16.8. The van der Waals surface area contributed by atoms with Crippen LogP contribution in [-0.4, -0.2) is 20.8 Å². The van der Waals surface area contributed by atoms with Crippen molar-refractivity contribution < 1.29 is 14.2 Å². The number of methoxy groups -OCH3 is 2. The zero-order chi connectivity index (χ0) is 34.4. The Hall–Kier alpha value is -5.79. The molecule has 0 N–H and O–H groups in total. The predicted octanol–water partition coefficient (Wildman–Crippen LogP) is 11.3. The predicted molar refractivity (Wildman–Crippen MR) is 203 cm³/mol. The van der Waals surface area contributed by atoms with Crippen molar-refractivity contribution in [3.8, 4) is 23.3 Å². The van der Waals surface area contributed by atoms with Crippen LogP contribution < -0.4 is 14.2 Å². The van der Waals surface area contributed by atoms with Gasteiger partial charge in [-0.1, -0.05) is 117 Å². The minimum atomic E-state index is 0.511. The highest BCUT2D eigenvalue weighted by Crippen LogP contribution is 2.40. The number of rotatable bonds is 14. The minimum absolute atomic E-state index is 0.511. The number of nitrogens with zero attached hydrogens (tertiary/aromatic N) is 1. The summed E-state index contributed by atoms with van der Waals surface area (Å²) >= 11 is 0. The topological polar surface area (TPSA) is 51.5 Å². The highest BCUT2D eigenvalue weighted by molar-refractivity contribution is 6.04. The third kappa shape index (κ3) is 8.77. The molecular weight excluding hydrogens is 602 g/mol. The molecule has 0 radical (unpaired) electrons. The van der Waals surface area contributed by atoms with Crippen molar-refractivity contribution in [1.29, 1.82) is 5.26 Å². The Labute approximate surface area is 291 Å². The van der Waals surface area contributed by atoms with Crippen molar-refractivity contribution in [3.05, 3.63) is 173 Å². The minimum Gasteiger partial charge on any atom is -0.497 e. The summed E-state index contributed by atoms with van der Waals surface area (Å²) in [4.78, 5) is 0. The summed E-state index contributed by atoms with van der Waals surface area (Å²) in [5.41, 5.74) is 10.1. The smallest absolute Gasteiger partial charge is 0.119 e. The molecule has 246 valence electrons. The third-order valence-electron chi connectivity index (χ3n) is 8.53. The molecule has 0 unspecified atom stereocenters. The highest BCUT2D eigenvalue weighted by Gasteiger charge is 2.19. The lowest BCUT2D eigenvalue weighted by Gasteiger charge is -2.22. The molecule has 4 nitrogen and oxygen atoms in total. The van der Waals surface area contributed by atoms with E-state index in [9.17, 15) is 5.26 Å². The molecule has 5 rings (SSSR count). The van der Waals surface area contributed by atoms with Gasteiger partial charge in [0.1, 0.15) is 17.2 Å². The van der Waals surface area contributed by atoms with Crippen LogP contribution in [0.5, 0.6) is 17.2 Å². The zero-order valence-corrected chi connectivity index (χ0v) is 28.6. The molecule has 4 aromatic carbocycles. The summed E-state index contributed by atoms with van der Waals surface area (Å²) in [7, 11) is 3.37. The number of ether oxygens (including phenoxy) is 3. The van der Waals surface area contributed by atoms with E-state index in [2.05, 4.69) is 86.3 Å². The first-order chi connectivity index (χ1) is 24.1. The Bertz CT molecular complexity index is 1860. The lowest BCUT2D eigenvalue weighted by atomic mass is 9.82. The van der Waals surface area contributed by atoms with Gasteiger partial charge in [-0.2, -0.15) is 5.26 Å². The number of allylic oxidation sites excluding steroid dienone is 9. The van der Waals surface area contributed by atoms with E-state index in [0.29, 0.717) is 12.2 Å². The maximum Gasteiger partial charge on any atom is 0.119 e. The van der Waals surface area contributed by atoms with Gasteiger partial charge in [0.2, 0.25) is 0 Å². The number of hydrogen-bond donors (Lipinski definition) is 0. The first kappa shape index (κ1) is 34.5. The molecule has 1 aliphatic rings. The van der Waals surface area contributed by atoms with Gasteiger partial charge >= 0.3 is 0 Å². The van der Waals surface area contributed by atoms with Gasteiger partial charge in [-0.15, -0.1) is 0 Å². The van der Waals surface area contributed by atoms with Gasteiger partial charge in [0, 0.05) is 0 Å². The lowest BCUT2D eigenvalue weighted by molar-refractivity contribution is 0.309. The number of hydrogen-bond acceptors (Lipinski definition) is 4. The van der Waals surface area contributed by atoms with Crippen molar-refractivity contribution in [2.24, 2.45) is 0 Å². The van der Waals surface area contributed by atoms with E-state index in [1.165, 1.54) is 5.57 Å². The fourth-order valence-electron chi connectivity index (χ4n) is 5.83. The summed E-state index contributed by atoms with van der Waals surface area (Å²) in [6, 6.07) is 35.4. The normalized spacial score (nSPS) is 12.8. The second-order valence-electron chi connectivity index (χ2n) is 11.7. The summed E-state index contributed by atoms with van der Waals surface area (Å²) in [6.07, 6.45) is 16.2. The zero-order valence-electron chi connectivity index (χ0n) is 28.6. The van der Waals surface area contributed by atoms with Crippen LogP contribution in [0.2, 0.25) is 0 Å². The van der Waals surface area contributed by atoms with Gasteiger partial charge in [-0.25, -0.2) is 0 Å². The fraction of sp³-hybridized carbons (Fsp3) is 0.178. The van der Waals surface area contributed by atoms with Gasteiger partial charge in [-0.3, -0.25) is 0 Å². The summed E-state index contributed by atoms with van der Waals surface area (Å²) in [5, 5.41) is 10.0. The molecule has 0 aliphatic heterocycles. The molecule has 0 spiro atoms. The fourth-order valence-corrected chi connectivity index (χ4v) is 5.83. The Balaban J connectivity index is 1.59. The number of unbranched alkanes of at least 4 members (excludes halogenated alkanes) is 1. The Morgan fingerprint density at radius 3 is 1.82 bits per heavy atom. The van der Waals surface area contributed by atoms with Crippen molar-refractivity contribution in [3.63, 3.8) is 0 Å². The second kappa shape index (κ2) is 17.4. The summed E-state index contributed by atoms with van der Waals surface area (Å²) in [5.74, 6) is 2.47. The molecule has 0 aromatic heterocycles. The standard InChI is InChI=1S/C45H43NO3/c1-5-7-31-49-42-24-13-33(14-25-42)15-30-43(34(6-2)32-46)35-16-18-37(19-17-35)44(36-11-9-8-10-12-36)45(38-20-26-40(47-3)27-21-38)39-22-28-41(48-4)29-23-39/h6,8-9,11,13-30H,2,5,7,10,12,31H2,1,3-4H3/b30-15+,43-34-. The van der Waals surface area contributed by atoms with Gasteiger partial charge < -0.3 is 14.2 Å². The summed E-state index contributed by atoms with van der Waals surface area (Å²) < 4.78 is 16.8. The maximum absolute atomic E-state index is 10.0. The van der Waals surface area contributed by atoms with Crippen molar-refractivity contribution in [2.45, 2.75) is 32.6 Å². The largest absolute Gasteiger partial charge is 0.497 e. The van der Waals surface area contributed by atoms with Crippen molar-refractivity contribution in [1.82, 2.24) is 0 Å². The van der Waals surface area contributed by atoms with Crippen molar-refractivity contribution in [2.75, 3.05) is 20.8 Å². The van der Waals surface area contributed by atoms with Crippen LogP contribution in [0.25, 0.3) is 22.8 Å². The maximum atomic E-state index is 10.0. The Kier molecular flexibility index (Phi) is 12.3. The summed E-state index contributed by atoms with van der Waals surface area (Å²) in [6.45, 7) is 6.80. The molecule has 0 bridgehead atoms. The Morgan fingerprint density at radius 1 is 0.755 bits per heavy atom. The van der Waals surface area contributed by atoms with Crippen molar-refractivity contribution >= 4 is 22.8 Å². The molecule has 4 heteroatoms. The van der Waals surface area contributed by atoms with Gasteiger partial charge in [-0.05, 0) is 106 Å². The van der Waals surface area contributed by atoms with Crippen LogP contribution in [0.15, 0.2) is 145 Å². The van der Waals surface area contributed by atoms with E-state index in [4.69, 9.17) is 14.2 Å². The Morgan fingerprint density at radius 2 is 1.31 bits per heavy atom. The van der Waals surface area contributed by atoms with Gasteiger partial charge in [0.05, 0.1) is 32.5 Å². The molecule has 0 heterocycles. The van der Waals surface area contributed by atoms with Crippen LogP contribution >= 0.6 is 0 Å². The molecule has 0 amide bonds. The average molecular weight is 646 g/mol. The first-order valence-corrected chi connectivity index (χ1v) is 16.8. The molecule has 0 saturated carbocycles. The quantitative estimate of drug-likeness (QED) is 0.0593. The molecular formula is C45H43NO3. The van der Waals surface area contributed by atoms with E-state index in [1.54, 1.807) is 20.3 Å². The van der Waals surface area contributed by atoms with E-state index >= 15 is 0 Å². The third-order valence-corrected chi connectivity index (χ3v) is 8.53. The molecule has 0 saturated heterocycles.